The maximum atomic E-state index is 11.8. The van der Waals surface area contributed by atoms with E-state index in [0.717, 1.165) is 12.8 Å². The van der Waals surface area contributed by atoms with E-state index in [-0.39, 0.29) is 11.9 Å². The first-order valence-electron chi connectivity index (χ1n) is 6.14. The Balaban J connectivity index is 2.77. The smallest absolute Gasteiger partial charge is 0.162 e. The zero-order chi connectivity index (χ0) is 12.8. The minimum Gasteiger partial charge on any atom is -0.489 e. The van der Waals surface area contributed by atoms with Gasteiger partial charge < -0.3 is 10.5 Å². The molecule has 0 amide bonds. The fourth-order valence-electron chi connectivity index (χ4n) is 1.56. The number of Topliss-reactive ketones (excluding diaryl/α,β-unsaturated/α-hetero) is 1. The van der Waals surface area contributed by atoms with E-state index in [1.165, 1.54) is 0 Å². The zero-order valence-corrected chi connectivity index (χ0v) is 10.8. The van der Waals surface area contributed by atoms with Crippen molar-refractivity contribution in [1.82, 2.24) is 0 Å². The van der Waals surface area contributed by atoms with E-state index in [4.69, 9.17) is 10.5 Å². The summed E-state index contributed by atoms with van der Waals surface area (Å²) in [7, 11) is 0. The van der Waals surface area contributed by atoms with Crippen molar-refractivity contribution in [1.29, 1.82) is 0 Å². The topological polar surface area (TPSA) is 52.3 Å². The van der Waals surface area contributed by atoms with Crippen molar-refractivity contribution in [2.75, 3.05) is 5.73 Å². The van der Waals surface area contributed by atoms with Gasteiger partial charge in [0.25, 0.3) is 0 Å². The molecule has 3 nitrogen and oxygen atoms in total. The summed E-state index contributed by atoms with van der Waals surface area (Å²) < 4.78 is 5.52. The molecule has 0 saturated carbocycles. The van der Waals surface area contributed by atoms with Crippen molar-refractivity contribution in [3.05, 3.63) is 23.8 Å². The Bertz CT molecular complexity index is 386. The molecule has 0 aromatic heterocycles. The van der Waals surface area contributed by atoms with Gasteiger partial charge in [-0.15, -0.1) is 0 Å². The molecule has 2 N–H and O–H groups in total. The van der Waals surface area contributed by atoms with Gasteiger partial charge in [0.15, 0.2) is 5.78 Å². The lowest BCUT2D eigenvalue weighted by atomic mass is 10.0. The average molecular weight is 235 g/mol. The summed E-state index contributed by atoms with van der Waals surface area (Å²) in [6.45, 7) is 5.96. The van der Waals surface area contributed by atoms with Gasteiger partial charge in [-0.3, -0.25) is 4.79 Å². The SMILES string of the molecule is CCCCC(=O)c1ccc(OC(C)C)c(N)c1. The van der Waals surface area contributed by atoms with Gasteiger partial charge >= 0.3 is 0 Å². The first-order chi connectivity index (χ1) is 8.04. The number of nitrogens with two attached hydrogens (primary N) is 1. The summed E-state index contributed by atoms with van der Waals surface area (Å²) in [5.41, 5.74) is 7.06. The second-order valence-electron chi connectivity index (χ2n) is 4.45. The number of ether oxygens (including phenoxy) is 1. The highest BCUT2D eigenvalue weighted by atomic mass is 16.5. The Morgan fingerprint density at radius 3 is 2.65 bits per heavy atom. The molecule has 0 aliphatic heterocycles. The van der Waals surface area contributed by atoms with Crippen LogP contribution in [0.4, 0.5) is 5.69 Å². The van der Waals surface area contributed by atoms with Crippen LogP contribution in [-0.2, 0) is 0 Å². The number of ketones is 1. The molecule has 0 fully saturated rings. The number of benzene rings is 1. The predicted octanol–water partition coefficient (Wildman–Crippen LogP) is 3.43. The van der Waals surface area contributed by atoms with Crippen LogP contribution in [0.5, 0.6) is 5.75 Å². The van der Waals surface area contributed by atoms with Gasteiger partial charge in [0.05, 0.1) is 11.8 Å². The van der Waals surface area contributed by atoms with Crippen LogP contribution < -0.4 is 10.5 Å². The van der Waals surface area contributed by atoms with Crippen LogP contribution in [0.2, 0.25) is 0 Å². The lowest BCUT2D eigenvalue weighted by Crippen LogP contribution is -2.08. The maximum absolute atomic E-state index is 11.8. The van der Waals surface area contributed by atoms with Crippen molar-refractivity contribution in [2.24, 2.45) is 0 Å². The lowest BCUT2D eigenvalue weighted by molar-refractivity contribution is 0.0980. The van der Waals surface area contributed by atoms with Gasteiger partial charge in [0.2, 0.25) is 0 Å². The fraction of sp³-hybridized carbons (Fsp3) is 0.500. The Hall–Kier alpha value is -1.51. The molecule has 1 aromatic rings. The van der Waals surface area contributed by atoms with Crippen LogP contribution in [0.1, 0.15) is 50.4 Å². The quantitative estimate of drug-likeness (QED) is 0.607. The van der Waals surface area contributed by atoms with Gasteiger partial charge in [-0.1, -0.05) is 13.3 Å². The van der Waals surface area contributed by atoms with Crippen molar-refractivity contribution in [2.45, 2.75) is 46.1 Å². The van der Waals surface area contributed by atoms with Crippen molar-refractivity contribution in [3.63, 3.8) is 0 Å². The number of rotatable bonds is 6. The zero-order valence-electron chi connectivity index (χ0n) is 10.8. The Morgan fingerprint density at radius 1 is 1.41 bits per heavy atom. The van der Waals surface area contributed by atoms with Gasteiger partial charge in [0.1, 0.15) is 5.75 Å². The van der Waals surface area contributed by atoms with Crippen molar-refractivity contribution < 1.29 is 9.53 Å². The summed E-state index contributed by atoms with van der Waals surface area (Å²) >= 11 is 0. The highest BCUT2D eigenvalue weighted by Gasteiger charge is 2.09. The van der Waals surface area contributed by atoms with E-state index in [1.807, 2.05) is 13.8 Å². The van der Waals surface area contributed by atoms with Crippen LogP contribution >= 0.6 is 0 Å². The molecular weight excluding hydrogens is 214 g/mol. The van der Waals surface area contributed by atoms with Gasteiger partial charge in [-0.05, 0) is 38.5 Å². The molecule has 3 heteroatoms. The number of unbranched alkanes of at least 4 members (excludes halogenated alkanes) is 1. The molecule has 1 aromatic carbocycles. The summed E-state index contributed by atoms with van der Waals surface area (Å²) in [6, 6.07) is 5.26. The van der Waals surface area contributed by atoms with Crippen LogP contribution in [-0.4, -0.2) is 11.9 Å². The van der Waals surface area contributed by atoms with Crippen LogP contribution in [0.3, 0.4) is 0 Å². The third-order valence-electron chi connectivity index (χ3n) is 2.45. The molecule has 0 radical (unpaired) electrons. The molecule has 0 spiro atoms. The second kappa shape index (κ2) is 6.28. The molecule has 0 saturated heterocycles. The molecular formula is C14H21NO2. The number of carbonyl (C=O) groups is 1. The minimum atomic E-state index is 0.0824. The lowest BCUT2D eigenvalue weighted by Gasteiger charge is -2.12. The second-order valence-corrected chi connectivity index (χ2v) is 4.45. The number of hydrogen-bond acceptors (Lipinski definition) is 3. The van der Waals surface area contributed by atoms with Crippen molar-refractivity contribution in [3.8, 4) is 5.75 Å². The van der Waals surface area contributed by atoms with Crippen LogP contribution in [0, 0.1) is 0 Å². The molecule has 0 unspecified atom stereocenters. The highest BCUT2D eigenvalue weighted by Crippen LogP contribution is 2.24. The van der Waals surface area contributed by atoms with Gasteiger partial charge in [-0.2, -0.15) is 0 Å². The molecule has 94 valence electrons. The molecule has 0 atom stereocenters. The van der Waals surface area contributed by atoms with Crippen LogP contribution in [0.25, 0.3) is 0 Å². The predicted molar refractivity (Wildman–Crippen MR) is 70.5 cm³/mol. The normalized spacial score (nSPS) is 10.6. The van der Waals surface area contributed by atoms with Crippen molar-refractivity contribution >= 4 is 11.5 Å². The molecule has 0 heterocycles. The molecule has 0 aliphatic carbocycles. The number of anilines is 1. The molecule has 0 bridgehead atoms. The van der Waals surface area contributed by atoms with E-state index in [0.29, 0.717) is 23.4 Å². The average Bonchev–Trinajstić information content (AvgIpc) is 2.28. The summed E-state index contributed by atoms with van der Waals surface area (Å²) in [5, 5.41) is 0. The number of hydrogen-bond donors (Lipinski definition) is 1. The van der Waals surface area contributed by atoms with E-state index in [2.05, 4.69) is 6.92 Å². The minimum absolute atomic E-state index is 0.0824. The fourth-order valence-corrected chi connectivity index (χ4v) is 1.56. The highest BCUT2D eigenvalue weighted by molar-refractivity contribution is 5.97. The third-order valence-corrected chi connectivity index (χ3v) is 2.45. The van der Waals surface area contributed by atoms with E-state index < -0.39 is 0 Å². The maximum Gasteiger partial charge on any atom is 0.162 e. The Labute approximate surface area is 103 Å². The standard InChI is InChI=1S/C14H21NO2/c1-4-5-6-13(16)11-7-8-14(12(15)9-11)17-10(2)3/h7-10H,4-6,15H2,1-3H3. The first kappa shape index (κ1) is 13.6. The van der Waals surface area contributed by atoms with Gasteiger partial charge in [-0.25, -0.2) is 0 Å². The molecule has 0 aliphatic rings. The summed E-state index contributed by atoms with van der Waals surface area (Å²) in [5.74, 6) is 0.793. The first-order valence-corrected chi connectivity index (χ1v) is 6.14. The molecule has 17 heavy (non-hydrogen) atoms. The molecule has 1 rings (SSSR count). The van der Waals surface area contributed by atoms with E-state index in [9.17, 15) is 4.79 Å². The summed E-state index contributed by atoms with van der Waals surface area (Å²) in [4.78, 5) is 11.8. The Kier molecular flexibility index (Phi) is 5.01. The van der Waals surface area contributed by atoms with E-state index >= 15 is 0 Å². The summed E-state index contributed by atoms with van der Waals surface area (Å²) in [6.07, 6.45) is 2.61. The largest absolute Gasteiger partial charge is 0.489 e. The van der Waals surface area contributed by atoms with E-state index in [1.54, 1.807) is 18.2 Å². The third kappa shape index (κ3) is 4.10. The van der Waals surface area contributed by atoms with Crippen LogP contribution in [0.15, 0.2) is 18.2 Å². The monoisotopic (exact) mass is 235 g/mol. The number of nitrogen functional groups attached to an aromatic ring is 1. The Morgan fingerprint density at radius 2 is 2.12 bits per heavy atom. The number of carbonyl (C=O) groups excluding carboxylic acids is 1. The van der Waals surface area contributed by atoms with Gasteiger partial charge in [0, 0.05) is 12.0 Å².